The van der Waals surface area contributed by atoms with Crippen molar-refractivity contribution in [3.8, 4) is 5.75 Å². The van der Waals surface area contributed by atoms with Gasteiger partial charge in [-0.05, 0) is 60.7 Å². The van der Waals surface area contributed by atoms with E-state index in [0.717, 1.165) is 12.1 Å². The molecule has 0 heterocycles. The summed E-state index contributed by atoms with van der Waals surface area (Å²) in [6, 6.07) is 14.8. The zero-order chi connectivity index (χ0) is 22.4. The van der Waals surface area contributed by atoms with E-state index in [0.29, 0.717) is 22.4 Å². The fraction of sp³-hybridized carbons (Fsp3) is 0.0952. The highest BCUT2D eigenvalue weighted by Crippen LogP contribution is 2.19. The molecule has 0 spiro atoms. The lowest BCUT2D eigenvalue weighted by Crippen LogP contribution is -2.28. The molecule has 3 aromatic rings. The first-order chi connectivity index (χ1) is 14.7. The Bertz CT molecular complexity index is 1190. The first kappa shape index (κ1) is 22.5. The first-order valence-electron chi connectivity index (χ1n) is 8.99. The average molecular weight is 467 g/mol. The number of carbonyl (C=O) groups excluding carboxylic acids is 1. The molecule has 0 aromatic heterocycles. The van der Waals surface area contributed by atoms with Crippen molar-refractivity contribution in [2.75, 3.05) is 17.9 Å². The maximum Gasteiger partial charge on any atom is 0.261 e. The third-order valence-electron chi connectivity index (χ3n) is 4.05. The zero-order valence-corrected chi connectivity index (χ0v) is 17.5. The Morgan fingerprint density at radius 1 is 0.968 bits per heavy atom. The van der Waals surface area contributed by atoms with Crippen LogP contribution in [-0.2, 0) is 10.0 Å². The molecule has 162 valence electrons. The predicted octanol–water partition coefficient (Wildman–Crippen LogP) is 4.23. The highest BCUT2D eigenvalue weighted by molar-refractivity contribution is 7.92. The molecule has 0 aliphatic rings. The van der Waals surface area contributed by atoms with Gasteiger partial charge in [-0.1, -0.05) is 17.7 Å². The number of rotatable bonds is 8. The van der Waals surface area contributed by atoms with Gasteiger partial charge in [0.15, 0.2) is 11.6 Å². The van der Waals surface area contributed by atoms with Crippen molar-refractivity contribution >= 4 is 33.2 Å². The summed E-state index contributed by atoms with van der Waals surface area (Å²) in [4.78, 5) is 11.8. The van der Waals surface area contributed by atoms with Crippen molar-refractivity contribution in [3.63, 3.8) is 0 Å². The monoisotopic (exact) mass is 466 g/mol. The fourth-order valence-electron chi connectivity index (χ4n) is 2.54. The minimum Gasteiger partial charge on any atom is -0.492 e. The van der Waals surface area contributed by atoms with E-state index in [1.54, 1.807) is 24.3 Å². The van der Waals surface area contributed by atoms with Gasteiger partial charge >= 0.3 is 0 Å². The summed E-state index contributed by atoms with van der Waals surface area (Å²) in [5.41, 5.74) is 0.462. The maximum absolute atomic E-state index is 13.3. The van der Waals surface area contributed by atoms with E-state index < -0.39 is 26.6 Å². The van der Waals surface area contributed by atoms with Gasteiger partial charge in [0.2, 0.25) is 0 Å². The fourth-order valence-corrected chi connectivity index (χ4v) is 3.79. The number of ether oxygens (including phenoxy) is 1. The molecule has 0 atom stereocenters. The quantitative estimate of drug-likeness (QED) is 0.487. The molecule has 0 saturated carbocycles. The van der Waals surface area contributed by atoms with Crippen LogP contribution in [0.25, 0.3) is 0 Å². The SMILES string of the molecule is O=C(NCCOc1cccc(Cl)c1)c1ccc(NS(=O)(=O)c2ccc(F)c(F)c2)cc1. The van der Waals surface area contributed by atoms with Crippen LogP contribution in [0.1, 0.15) is 10.4 Å². The number of nitrogens with one attached hydrogen (secondary N) is 2. The van der Waals surface area contributed by atoms with Crippen LogP contribution in [0, 0.1) is 11.6 Å². The second-order valence-electron chi connectivity index (χ2n) is 6.32. The van der Waals surface area contributed by atoms with Crippen molar-refractivity contribution in [2.45, 2.75) is 4.90 Å². The van der Waals surface area contributed by atoms with E-state index >= 15 is 0 Å². The molecule has 1 amide bonds. The number of amides is 1. The summed E-state index contributed by atoms with van der Waals surface area (Å²) >= 11 is 5.86. The summed E-state index contributed by atoms with van der Waals surface area (Å²) in [7, 11) is -4.12. The third kappa shape index (κ3) is 6.16. The summed E-state index contributed by atoms with van der Waals surface area (Å²) in [5, 5.41) is 3.22. The molecule has 0 radical (unpaired) electrons. The first-order valence-corrected chi connectivity index (χ1v) is 10.9. The summed E-state index contributed by atoms with van der Waals surface area (Å²) in [6.45, 7) is 0.480. The molecule has 10 heteroatoms. The Labute approximate surface area is 182 Å². The zero-order valence-electron chi connectivity index (χ0n) is 15.9. The number of benzene rings is 3. The van der Waals surface area contributed by atoms with E-state index in [9.17, 15) is 22.0 Å². The lowest BCUT2D eigenvalue weighted by Gasteiger charge is -2.10. The highest BCUT2D eigenvalue weighted by atomic mass is 35.5. The van der Waals surface area contributed by atoms with Crippen molar-refractivity contribution in [2.24, 2.45) is 0 Å². The molecular formula is C21H17ClF2N2O4S. The predicted molar refractivity (Wildman–Crippen MR) is 113 cm³/mol. The minimum atomic E-state index is -4.12. The standard InChI is InChI=1S/C21H17ClF2N2O4S/c22-15-2-1-3-17(12-15)30-11-10-25-21(27)14-4-6-16(7-5-14)26-31(28,29)18-8-9-19(23)20(24)13-18/h1-9,12-13,26H,10-11H2,(H,25,27). The van der Waals surface area contributed by atoms with Gasteiger partial charge in [0.1, 0.15) is 12.4 Å². The van der Waals surface area contributed by atoms with Gasteiger partial charge in [0, 0.05) is 16.3 Å². The summed E-state index contributed by atoms with van der Waals surface area (Å²) in [5.74, 6) is -2.20. The Morgan fingerprint density at radius 3 is 2.39 bits per heavy atom. The molecule has 0 unspecified atom stereocenters. The number of hydrogen-bond acceptors (Lipinski definition) is 4. The maximum atomic E-state index is 13.3. The number of sulfonamides is 1. The molecule has 3 rings (SSSR count). The van der Waals surface area contributed by atoms with Gasteiger partial charge in [0.25, 0.3) is 15.9 Å². The van der Waals surface area contributed by atoms with Crippen LogP contribution < -0.4 is 14.8 Å². The number of carbonyl (C=O) groups is 1. The molecule has 0 aliphatic heterocycles. The van der Waals surface area contributed by atoms with E-state index in [-0.39, 0.29) is 24.7 Å². The second kappa shape index (κ2) is 9.76. The van der Waals surface area contributed by atoms with Gasteiger partial charge < -0.3 is 10.1 Å². The molecule has 2 N–H and O–H groups in total. The molecule has 0 saturated heterocycles. The Morgan fingerprint density at radius 2 is 1.71 bits per heavy atom. The normalized spacial score (nSPS) is 11.1. The van der Waals surface area contributed by atoms with Gasteiger partial charge in [-0.3, -0.25) is 9.52 Å². The van der Waals surface area contributed by atoms with Crippen molar-refractivity contribution in [1.82, 2.24) is 5.32 Å². The van der Waals surface area contributed by atoms with Crippen LogP contribution in [-0.4, -0.2) is 27.5 Å². The molecule has 31 heavy (non-hydrogen) atoms. The number of hydrogen-bond donors (Lipinski definition) is 2. The Hall–Kier alpha value is -3.17. The molecule has 0 bridgehead atoms. The van der Waals surface area contributed by atoms with Crippen LogP contribution in [0.2, 0.25) is 5.02 Å². The van der Waals surface area contributed by atoms with Crippen LogP contribution in [0.4, 0.5) is 14.5 Å². The van der Waals surface area contributed by atoms with E-state index in [2.05, 4.69) is 10.0 Å². The van der Waals surface area contributed by atoms with Crippen molar-refractivity contribution in [1.29, 1.82) is 0 Å². The topological polar surface area (TPSA) is 84.5 Å². The lowest BCUT2D eigenvalue weighted by atomic mass is 10.2. The van der Waals surface area contributed by atoms with Crippen LogP contribution in [0.3, 0.4) is 0 Å². The summed E-state index contributed by atoms with van der Waals surface area (Å²) in [6.07, 6.45) is 0. The van der Waals surface area contributed by atoms with Gasteiger partial charge in [-0.25, -0.2) is 17.2 Å². The third-order valence-corrected chi connectivity index (χ3v) is 5.67. The van der Waals surface area contributed by atoms with E-state index in [1.165, 1.54) is 24.3 Å². The average Bonchev–Trinajstić information content (AvgIpc) is 2.73. The molecule has 6 nitrogen and oxygen atoms in total. The minimum absolute atomic E-state index is 0.158. The smallest absolute Gasteiger partial charge is 0.261 e. The van der Waals surface area contributed by atoms with Crippen LogP contribution in [0.5, 0.6) is 5.75 Å². The Kier molecular flexibility index (Phi) is 7.09. The molecular weight excluding hydrogens is 450 g/mol. The number of halogens is 3. The van der Waals surface area contributed by atoms with Crippen LogP contribution >= 0.6 is 11.6 Å². The second-order valence-corrected chi connectivity index (χ2v) is 8.44. The van der Waals surface area contributed by atoms with Gasteiger partial charge in [-0.15, -0.1) is 0 Å². The van der Waals surface area contributed by atoms with Crippen LogP contribution in [0.15, 0.2) is 71.6 Å². The molecule has 3 aromatic carbocycles. The largest absolute Gasteiger partial charge is 0.492 e. The molecule has 0 aliphatic carbocycles. The van der Waals surface area contributed by atoms with E-state index in [4.69, 9.17) is 16.3 Å². The van der Waals surface area contributed by atoms with E-state index in [1.807, 2.05) is 0 Å². The van der Waals surface area contributed by atoms with Crippen molar-refractivity contribution < 1.29 is 26.7 Å². The van der Waals surface area contributed by atoms with Gasteiger partial charge in [0.05, 0.1) is 11.4 Å². The number of anilines is 1. The summed E-state index contributed by atoms with van der Waals surface area (Å²) < 4.78 is 58.6. The Balaban J connectivity index is 1.54. The van der Waals surface area contributed by atoms with Gasteiger partial charge in [-0.2, -0.15) is 0 Å². The highest BCUT2D eigenvalue weighted by Gasteiger charge is 2.17. The lowest BCUT2D eigenvalue weighted by molar-refractivity contribution is 0.0947. The van der Waals surface area contributed by atoms with Crippen molar-refractivity contribution in [3.05, 3.63) is 89.0 Å². The molecule has 0 fully saturated rings.